The zero-order valence-corrected chi connectivity index (χ0v) is 7.00. The van der Waals surface area contributed by atoms with E-state index in [1.165, 1.54) is 0 Å². The molecule has 0 fully saturated rings. The van der Waals surface area contributed by atoms with Crippen molar-refractivity contribution in [1.29, 1.82) is 0 Å². The highest BCUT2D eigenvalue weighted by Gasteiger charge is 2.03. The van der Waals surface area contributed by atoms with Crippen LogP contribution in [0.5, 0.6) is 5.75 Å². The molecule has 1 aromatic heterocycles. The maximum Gasteiger partial charge on any atom is 0.170 e. The third-order valence-electron chi connectivity index (χ3n) is 1.89. The molecule has 0 aliphatic carbocycles. The summed E-state index contributed by atoms with van der Waals surface area (Å²) >= 11 is 0. The van der Waals surface area contributed by atoms with Crippen LogP contribution in [0.2, 0.25) is 0 Å². The minimum Gasteiger partial charge on any atom is -0.497 e. The van der Waals surface area contributed by atoms with E-state index in [0.29, 0.717) is 0 Å². The molecular formula is C9H9NO2. The molecule has 2 rings (SSSR count). The second kappa shape index (κ2) is 2.52. The topological polar surface area (TPSA) is 35.3 Å². The number of rotatable bonds is 1. The fourth-order valence-corrected chi connectivity index (χ4v) is 1.23. The average Bonchev–Trinajstić information content (AvgIpc) is 2.52. The van der Waals surface area contributed by atoms with Gasteiger partial charge in [-0.1, -0.05) is 5.16 Å². The Kier molecular flexibility index (Phi) is 1.50. The average molecular weight is 163 g/mol. The second-order valence-electron chi connectivity index (χ2n) is 2.68. The highest BCUT2D eigenvalue weighted by atomic mass is 16.5. The molecule has 3 heteroatoms. The van der Waals surface area contributed by atoms with Crippen molar-refractivity contribution in [2.45, 2.75) is 6.92 Å². The van der Waals surface area contributed by atoms with Gasteiger partial charge in [0.05, 0.1) is 13.3 Å². The van der Waals surface area contributed by atoms with Gasteiger partial charge >= 0.3 is 0 Å². The summed E-state index contributed by atoms with van der Waals surface area (Å²) in [5.74, 6) is 0.803. The summed E-state index contributed by atoms with van der Waals surface area (Å²) in [7, 11) is 1.64. The van der Waals surface area contributed by atoms with E-state index >= 15 is 0 Å². The number of ether oxygens (including phenoxy) is 1. The van der Waals surface area contributed by atoms with Gasteiger partial charge in [-0.3, -0.25) is 0 Å². The quantitative estimate of drug-likeness (QED) is 0.646. The zero-order valence-electron chi connectivity index (χ0n) is 7.00. The number of benzene rings is 1. The van der Waals surface area contributed by atoms with E-state index in [0.717, 1.165) is 22.3 Å². The van der Waals surface area contributed by atoms with Crippen molar-refractivity contribution in [1.82, 2.24) is 5.16 Å². The summed E-state index contributed by atoms with van der Waals surface area (Å²) in [5, 5.41) is 4.74. The predicted molar refractivity (Wildman–Crippen MR) is 45.3 cm³/mol. The predicted octanol–water partition coefficient (Wildman–Crippen LogP) is 2.14. The Morgan fingerprint density at radius 1 is 1.42 bits per heavy atom. The van der Waals surface area contributed by atoms with Crippen LogP contribution in [0.15, 0.2) is 22.9 Å². The van der Waals surface area contributed by atoms with E-state index in [9.17, 15) is 0 Å². The van der Waals surface area contributed by atoms with Crippen LogP contribution in [0.25, 0.3) is 11.0 Å². The molecular weight excluding hydrogens is 154 g/mol. The first-order valence-electron chi connectivity index (χ1n) is 3.70. The van der Waals surface area contributed by atoms with Crippen molar-refractivity contribution in [3.63, 3.8) is 0 Å². The molecule has 0 aliphatic heterocycles. The second-order valence-corrected chi connectivity index (χ2v) is 2.68. The first-order chi connectivity index (χ1) is 5.81. The number of methoxy groups -OCH3 is 1. The van der Waals surface area contributed by atoms with Gasteiger partial charge in [0.15, 0.2) is 5.58 Å². The van der Waals surface area contributed by atoms with Crippen LogP contribution in [0, 0.1) is 6.92 Å². The molecule has 0 amide bonds. The maximum atomic E-state index is 5.08. The summed E-state index contributed by atoms with van der Waals surface area (Å²) in [6, 6.07) is 3.79. The lowest BCUT2D eigenvalue weighted by molar-refractivity contribution is 0.411. The highest BCUT2D eigenvalue weighted by molar-refractivity contribution is 5.81. The number of hydrogen-bond acceptors (Lipinski definition) is 3. The van der Waals surface area contributed by atoms with Crippen molar-refractivity contribution >= 4 is 11.0 Å². The Labute approximate surface area is 69.9 Å². The lowest BCUT2D eigenvalue weighted by atomic mass is 10.1. The van der Waals surface area contributed by atoms with Gasteiger partial charge in [0.2, 0.25) is 0 Å². The van der Waals surface area contributed by atoms with Crippen molar-refractivity contribution in [3.05, 3.63) is 23.9 Å². The standard InChI is InChI=1S/C9H9NO2/c1-6-3-7(11-2)4-9-8(6)5-10-12-9/h3-5H,1-2H3. The monoisotopic (exact) mass is 163 g/mol. The molecule has 0 atom stereocenters. The van der Waals surface area contributed by atoms with Crippen LogP contribution in [-0.4, -0.2) is 12.3 Å². The molecule has 12 heavy (non-hydrogen) atoms. The van der Waals surface area contributed by atoms with Gasteiger partial charge in [-0.25, -0.2) is 0 Å². The summed E-state index contributed by atoms with van der Waals surface area (Å²) in [5.41, 5.74) is 1.89. The molecule has 0 spiro atoms. The van der Waals surface area contributed by atoms with Crippen LogP contribution in [-0.2, 0) is 0 Å². The van der Waals surface area contributed by atoms with Crippen LogP contribution in [0.1, 0.15) is 5.56 Å². The van der Waals surface area contributed by atoms with E-state index in [-0.39, 0.29) is 0 Å². The van der Waals surface area contributed by atoms with Gasteiger partial charge in [0.1, 0.15) is 5.75 Å². The summed E-state index contributed by atoms with van der Waals surface area (Å²) < 4.78 is 10.1. The van der Waals surface area contributed by atoms with Gasteiger partial charge in [-0.15, -0.1) is 0 Å². The van der Waals surface area contributed by atoms with Crippen molar-refractivity contribution < 1.29 is 9.26 Å². The number of hydrogen-bond donors (Lipinski definition) is 0. The Hall–Kier alpha value is -1.51. The van der Waals surface area contributed by atoms with Crippen molar-refractivity contribution in [2.75, 3.05) is 7.11 Å². The van der Waals surface area contributed by atoms with Gasteiger partial charge in [-0.05, 0) is 18.6 Å². The molecule has 1 aromatic carbocycles. The Morgan fingerprint density at radius 2 is 2.25 bits per heavy atom. The van der Waals surface area contributed by atoms with E-state index < -0.39 is 0 Å². The summed E-state index contributed by atoms with van der Waals surface area (Å²) in [6.45, 7) is 2.00. The first-order valence-corrected chi connectivity index (χ1v) is 3.70. The molecule has 2 aromatic rings. The van der Waals surface area contributed by atoms with E-state index in [1.807, 2.05) is 19.1 Å². The smallest absolute Gasteiger partial charge is 0.170 e. The molecule has 0 bridgehead atoms. The third kappa shape index (κ3) is 0.942. The Balaban J connectivity index is 2.75. The fraction of sp³-hybridized carbons (Fsp3) is 0.222. The fourth-order valence-electron chi connectivity index (χ4n) is 1.23. The van der Waals surface area contributed by atoms with E-state index in [2.05, 4.69) is 5.16 Å². The van der Waals surface area contributed by atoms with E-state index in [1.54, 1.807) is 13.3 Å². The number of aromatic nitrogens is 1. The molecule has 0 aliphatic rings. The first kappa shape index (κ1) is 7.16. The van der Waals surface area contributed by atoms with Crippen molar-refractivity contribution in [3.8, 4) is 5.75 Å². The van der Waals surface area contributed by atoms with Gasteiger partial charge in [0.25, 0.3) is 0 Å². The van der Waals surface area contributed by atoms with Crippen molar-refractivity contribution in [2.24, 2.45) is 0 Å². The third-order valence-corrected chi connectivity index (χ3v) is 1.89. The van der Waals surface area contributed by atoms with Gasteiger partial charge in [0, 0.05) is 11.5 Å². The van der Waals surface area contributed by atoms with Gasteiger partial charge < -0.3 is 9.26 Å². The lowest BCUT2D eigenvalue weighted by Crippen LogP contribution is -1.83. The summed E-state index contributed by atoms with van der Waals surface area (Å²) in [4.78, 5) is 0. The Morgan fingerprint density at radius 3 is 3.00 bits per heavy atom. The molecule has 3 nitrogen and oxygen atoms in total. The highest BCUT2D eigenvalue weighted by Crippen LogP contribution is 2.23. The number of fused-ring (bicyclic) bond motifs is 1. The van der Waals surface area contributed by atoms with Crippen LogP contribution in [0.4, 0.5) is 0 Å². The minimum atomic E-state index is 0.770. The lowest BCUT2D eigenvalue weighted by Gasteiger charge is -1.99. The largest absolute Gasteiger partial charge is 0.497 e. The number of aryl methyl sites for hydroxylation is 1. The molecule has 0 saturated heterocycles. The molecule has 0 N–H and O–H groups in total. The van der Waals surface area contributed by atoms with Crippen LogP contribution in [0.3, 0.4) is 0 Å². The Bertz CT molecular complexity index is 406. The maximum absolute atomic E-state index is 5.08. The molecule has 62 valence electrons. The normalized spacial score (nSPS) is 10.5. The molecule has 0 radical (unpaired) electrons. The number of nitrogens with zero attached hydrogens (tertiary/aromatic N) is 1. The minimum absolute atomic E-state index is 0.770. The molecule has 1 heterocycles. The van der Waals surface area contributed by atoms with E-state index in [4.69, 9.17) is 9.26 Å². The van der Waals surface area contributed by atoms with Crippen LogP contribution < -0.4 is 4.74 Å². The summed E-state index contributed by atoms with van der Waals surface area (Å²) in [6.07, 6.45) is 1.71. The van der Waals surface area contributed by atoms with Gasteiger partial charge in [-0.2, -0.15) is 0 Å². The SMILES string of the molecule is COc1cc(C)c2cnoc2c1. The zero-order chi connectivity index (χ0) is 8.55. The van der Waals surface area contributed by atoms with Crippen LogP contribution >= 0.6 is 0 Å². The molecule has 0 unspecified atom stereocenters. The molecule has 0 saturated carbocycles.